The number of methoxy groups -OCH3 is 5. The third kappa shape index (κ3) is 21.4. The lowest BCUT2D eigenvalue weighted by Crippen LogP contribution is -2.24. The van der Waals surface area contributed by atoms with Crippen LogP contribution in [0.4, 0.5) is 28.4 Å². The Balaban J connectivity index is 0.000000139. The van der Waals surface area contributed by atoms with Crippen LogP contribution in [0, 0.1) is 56.7 Å². The summed E-state index contributed by atoms with van der Waals surface area (Å²) in [7, 11) is -8.39. The molecule has 3 fully saturated rings. The molecule has 30 nitrogen and oxygen atoms in total. The SMILES string of the molecule is CCCn1c(-c2ccc(NS(=O)(=O)CC)cc2)c(C#N)c2ccc(OC)cc21.CCS(=O)(=O)Nc1ccc(-c2c(C#N)c3ccc(OC)cc3n2C2CCC2)cc1.CCn1c(-c2ccc(N3CCCS3(=O)=O)cc2)c(C#N)c2ccc(OC)cc21.CCn1c(-c2ccc(NS(=O)(=O)CC)cc2)c(C#N)c2ccc(OC)cc21.COc1ccc2c(C#N)c(-c3ccc(NS(C)(=O)=O)cc3)n(C3CCC3)c2c1. The maximum absolute atomic E-state index is 12.2. The van der Waals surface area contributed by atoms with Crippen LogP contribution in [0.5, 0.6) is 28.7 Å². The molecular formula is C105H109N15O15S5. The molecule has 140 heavy (non-hydrogen) atoms. The van der Waals surface area contributed by atoms with Gasteiger partial charge in [0.1, 0.15) is 59.1 Å². The van der Waals surface area contributed by atoms with Crippen molar-refractivity contribution in [2.24, 2.45) is 0 Å². The summed E-state index contributed by atoms with van der Waals surface area (Å²) < 4.78 is 167. The second-order valence-electron chi connectivity index (χ2n) is 33.6. The van der Waals surface area contributed by atoms with Crippen molar-refractivity contribution in [2.75, 3.05) is 94.6 Å². The second-order valence-corrected chi connectivity index (χ2v) is 43.4. The number of nitrogens with one attached hydrogen (secondary N) is 4. The van der Waals surface area contributed by atoms with Crippen molar-refractivity contribution in [3.63, 3.8) is 0 Å². The average Bonchev–Trinajstić information content (AvgIpc) is 1.59. The van der Waals surface area contributed by atoms with Crippen molar-refractivity contribution in [3.8, 4) is 115 Å². The van der Waals surface area contributed by atoms with Crippen LogP contribution >= 0.6 is 0 Å². The molecule has 724 valence electrons. The minimum absolute atomic E-state index is 0.0131. The van der Waals surface area contributed by atoms with Crippen molar-refractivity contribution < 1.29 is 65.8 Å². The lowest BCUT2D eigenvalue weighted by molar-refractivity contribution is 0.324. The summed E-state index contributed by atoms with van der Waals surface area (Å²) >= 11 is 0. The molecule has 3 aliphatic rings. The first-order chi connectivity index (χ1) is 67.2. The summed E-state index contributed by atoms with van der Waals surface area (Å²) in [6.45, 7) is 13.6. The Morgan fingerprint density at radius 2 is 0.607 bits per heavy atom. The van der Waals surface area contributed by atoms with Crippen molar-refractivity contribution in [3.05, 3.63) is 240 Å². The Hall–Kier alpha value is -14.9. The quantitative estimate of drug-likeness (QED) is 0.0354. The van der Waals surface area contributed by atoms with Gasteiger partial charge in [-0.1, -0.05) is 67.6 Å². The molecule has 0 atom stereocenters. The van der Waals surface area contributed by atoms with E-state index in [9.17, 15) is 68.4 Å². The number of hydrogen-bond donors (Lipinski definition) is 4. The number of fused-ring (bicyclic) bond motifs is 5. The summed E-state index contributed by atoms with van der Waals surface area (Å²) in [6.07, 6.45) is 9.33. The predicted octanol–water partition coefficient (Wildman–Crippen LogP) is 21.0. The third-order valence-corrected chi connectivity index (χ3v) is 31.6. The molecule has 2 aliphatic carbocycles. The van der Waals surface area contributed by atoms with Gasteiger partial charge in [0.15, 0.2) is 0 Å². The molecule has 5 aromatic heterocycles. The second kappa shape index (κ2) is 43.0. The molecule has 0 spiro atoms. The molecule has 1 saturated heterocycles. The van der Waals surface area contributed by atoms with Gasteiger partial charge in [0.05, 0.1) is 154 Å². The van der Waals surface area contributed by atoms with Crippen molar-refractivity contribution >= 4 is 133 Å². The van der Waals surface area contributed by atoms with Crippen LogP contribution in [0.3, 0.4) is 0 Å². The van der Waals surface area contributed by atoms with Crippen LogP contribution in [0.1, 0.15) is 133 Å². The zero-order chi connectivity index (χ0) is 100. The van der Waals surface area contributed by atoms with E-state index < -0.39 is 50.1 Å². The summed E-state index contributed by atoms with van der Waals surface area (Å²) in [5.74, 6) is 3.97. The fraction of sp³-hybridized carbons (Fsp3) is 0.286. The molecule has 35 heteroatoms. The van der Waals surface area contributed by atoms with E-state index in [0.717, 1.165) is 184 Å². The zero-order valence-electron chi connectivity index (χ0n) is 79.8. The van der Waals surface area contributed by atoms with Gasteiger partial charge in [-0.25, -0.2) is 42.1 Å². The first kappa shape index (κ1) is 101. The number of benzene rings is 10. The highest BCUT2D eigenvalue weighted by molar-refractivity contribution is 7.93. The molecule has 0 unspecified atom stereocenters. The van der Waals surface area contributed by atoms with Crippen molar-refractivity contribution in [1.29, 1.82) is 26.3 Å². The van der Waals surface area contributed by atoms with Gasteiger partial charge in [0.2, 0.25) is 50.1 Å². The fourth-order valence-corrected chi connectivity index (χ4v) is 21.9. The monoisotopic (exact) mass is 1980 g/mol. The Bertz CT molecular complexity index is 8030. The summed E-state index contributed by atoms with van der Waals surface area (Å²) in [6, 6.07) is 77.1. The van der Waals surface area contributed by atoms with E-state index in [-0.39, 0.29) is 23.0 Å². The number of aromatic nitrogens is 5. The van der Waals surface area contributed by atoms with Gasteiger partial charge in [-0.05, 0) is 235 Å². The third-order valence-electron chi connectivity index (χ3n) is 25.2. The largest absolute Gasteiger partial charge is 0.497 e. The van der Waals surface area contributed by atoms with Gasteiger partial charge in [-0.15, -0.1) is 0 Å². The Morgan fingerprint density at radius 3 is 0.857 bits per heavy atom. The first-order valence-corrected chi connectivity index (χ1v) is 54.3. The van der Waals surface area contributed by atoms with Gasteiger partial charge >= 0.3 is 0 Å². The average molecular weight is 1980 g/mol. The maximum Gasteiger partial charge on any atom is 0.235 e. The number of rotatable bonds is 28. The summed E-state index contributed by atoms with van der Waals surface area (Å²) in [5.41, 5.74) is 19.2. The van der Waals surface area contributed by atoms with E-state index in [1.54, 1.807) is 105 Å². The summed E-state index contributed by atoms with van der Waals surface area (Å²) in [4.78, 5) is 0. The number of aryl methyl sites for hydroxylation is 3. The molecule has 0 bridgehead atoms. The Labute approximate surface area is 817 Å². The Morgan fingerprint density at radius 1 is 0.343 bits per heavy atom. The van der Waals surface area contributed by atoms with Crippen molar-refractivity contribution in [2.45, 2.75) is 125 Å². The first-order valence-electron chi connectivity index (χ1n) is 45.8. The normalized spacial score (nSPS) is 13.5. The van der Waals surface area contributed by atoms with E-state index in [1.807, 2.05) is 178 Å². The van der Waals surface area contributed by atoms with Gasteiger partial charge in [-0.2, -0.15) is 26.3 Å². The smallest absolute Gasteiger partial charge is 0.235 e. The van der Waals surface area contributed by atoms with E-state index in [4.69, 9.17) is 23.7 Å². The maximum atomic E-state index is 12.2. The molecule has 0 radical (unpaired) electrons. The van der Waals surface area contributed by atoms with E-state index in [0.29, 0.717) is 94.4 Å². The lowest BCUT2D eigenvalue weighted by Gasteiger charge is -2.30. The minimum Gasteiger partial charge on any atom is -0.497 e. The van der Waals surface area contributed by atoms with E-state index in [1.165, 1.54) is 17.1 Å². The molecule has 10 aromatic carbocycles. The topological polar surface area (TPSA) is 412 Å². The van der Waals surface area contributed by atoms with Gasteiger partial charge in [-0.3, -0.25) is 23.2 Å². The number of hydrogen-bond acceptors (Lipinski definition) is 20. The van der Waals surface area contributed by atoms with Crippen LogP contribution in [0.25, 0.3) is 111 Å². The zero-order valence-corrected chi connectivity index (χ0v) is 83.8. The molecule has 6 heterocycles. The highest BCUT2D eigenvalue weighted by Gasteiger charge is 2.33. The summed E-state index contributed by atoms with van der Waals surface area (Å²) in [5, 5.41) is 53.7. The molecule has 18 rings (SSSR count). The molecular weight excluding hydrogens is 1870 g/mol. The minimum atomic E-state index is -3.33. The van der Waals surface area contributed by atoms with Crippen LogP contribution in [-0.4, -0.2) is 136 Å². The van der Waals surface area contributed by atoms with Crippen LogP contribution in [-0.2, 0) is 69.8 Å². The molecule has 4 N–H and O–H groups in total. The van der Waals surface area contributed by atoms with Gasteiger partial charge in [0.25, 0.3) is 0 Å². The van der Waals surface area contributed by atoms with Crippen LogP contribution < -0.4 is 46.9 Å². The molecule has 2 saturated carbocycles. The molecule has 0 amide bonds. The standard InChI is InChI=1S/C22H23N3O3S.2C21H21N3O3S.C21H23N3O3S.C20H21N3O3S/c1-3-29(26,27)24-16-9-7-15(8-10-16)22-20(14-23)19-12-11-18(28-2)13-21(19)25(22)17-5-4-6-17;1-27-17-10-11-18-19(13-22)21(24(20(18)12-17)16-4-3-5-16)14-6-8-15(9-7-14)23-28(2,25)26;1-3-23-20-13-17(27-2)9-10-18(20)19(14-22)21(23)15-5-7-16(8-6-15)24-11-4-12-28(24,25)26;1-4-12-24-20-13-17(27-3)10-11-18(20)19(14-22)21(24)15-6-8-16(9-7-15)23-28(25,26)5-2;1-4-23-19-12-16(26-3)10-11-17(19)18(13-21)20(23)14-6-8-15(9-7-14)22-27(24,25)5-2/h7-13,17,24H,3-6H2,1-2H3;6-12,16,23H,3-5H2,1-2H3;5-10,13H,3-4,11-12H2,1-2H3;6-11,13,23H,4-5,12H2,1-3H3;6-12,22H,4-5H2,1-3H3. The number of anilines is 5. The van der Waals surface area contributed by atoms with Crippen molar-refractivity contribution in [1.82, 2.24) is 22.8 Å². The van der Waals surface area contributed by atoms with Crippen LogP contribution in [0.2, 0.25) is 0 Å². The van der Waals surface area contributed by atoms with Crippen LogP contribution in [0.15, 0.2) is 212 Å². The number of sulfonamides is 5. The van der Waals surface area contributed by atoms with E-state index >= 15 is 0 Å². The number of nitrogens with zero attached hydrogens (tertiary/aromatic N) is 11. The number of ether oxygens (including phenoxy) is 5. The molecule has 1 aliphatic heterocycles. The number of nitriles is 5. The fourth-order valence-electron chi connectivity index (χ4n) is 17.9. The van der Waals surface area contributed by atoms with Gasteiger partial charge < -0.3 is 46.5 Å². The van der Waals surface area contributed by atoms with Gasteiger partial charge in [0, 0.05) is 118 Å². The lowest BCUT2D eigenvalue weighted by atomic mass is 9.92. The predicted molar refractivity (Wildman–Crippen MR) is 554 cm³/mol. The highest BCUT2D eigenvalue weighted by atomic mass is 32.2. The van der Waals surface area contributed by atoms with E-state index in [2.05, 4.69) is 79.0 Å². The molecule has 15 aromatic rings. The highest BCUT2D eigenvalue weighted by Crippen LogP contribution is 2.48. The Kier molecular flexibility index (Phi) is 31.0.